The fraction of sp³-hybridized carbons (Fsp3) is 0.345. The van der Waals surface area contributed by atoms with E-state index in [1.807, 2.05) is 32.0 Å². The number of benzene rings is 2. The number of hydrogen-bond donors (Lipinski definition) is 0. The summed E-state index contributed by atoms with van der Waals surface area (Å²) >= 11 is 0. The second kappa shape index (κ2) is 11.7. The predicted molar refractivity (Wildman–Crippen MR) is 137 cm³/mol. The Morgan fingerprint density at radius 2 is 1.68 bits per heavy atom. The van der Waals surface area contributed by atoms with Gasteiger partial charge in [-0.25, -0.2) is 4.98 Å². The first-order valence-corrected chi connectivity index (χ1v) is 12.3. The third-order valence-corrected chi connectivity index (χ3v) is 6.07. The number of para-hydroxylation sites is 1. The van der Waals surface area contributed by atoms with Crippen molar-refractivity contribution in [2.45, 2.75) is 32.9 Å². The van der Waals surface area contributed by atoms with Gasteiger partial charge in [-0.05, 0) is 42.7 Å². The maximum atomic E-state index is 14.2. The highest BCUT2D eigenvalue weighted by atomic mass is 19.4. The highest BCUT2D eigenvalue weighted by Crippen LogP contribution is 2.49. The lowest BCUT2D eigenvalue weighted by molar-refractivity contribution is -0.148. The van der Waals surface area contributed by atoms with Gasteiger partial charge in [-0.15, -0.1) is 0 Å². The van der Waals surface area contributed by atoms with E-state index in [2.05, 4.69) is 9.98 Å². The summed E-state index contributed by atoms with van der Waals surface area (Å²) in [6.45, 7) is 5.82. The van der Waals surface area contributed by atoms with Gasteiger partial charge in [-0.1, -0.05) is 50.2 Å². The molecule has 200 valence electrons. The van der Waals surface area contributed by atoms with E-state index in [-0.39, 0.29) is 30.6 Å². The number of nitrogens with zero attached hydrogens (tertiary/aromatic N) is 2. The molecule has 0 amide bonds. The van der Waals surface area contributed by atoms with E-state index in [9.17, 15) is 18.0 Å². The van der Waals surface area contributed by atoms with Crippen LogP contribution in [0.1, 0.15) is 43.4 Å². The van der Waals surface area contributed by atoms with E-state index in [0.29, 0.717) is 29.3 Å². The summed E-state index contributed by atoms with van der Waals surface area (Å²) in [5.41, 5.74) is 0.178. The Hall–Kier alpha value is -3.88. The van der Waals surface area contributed by atoms with Crippen LogP contribution in [0.4, 0.5) is 18.9 Å². The van der Waals surface area contributed by atoms with Crippen molar-refractivity contribution in [2.75, 3.05) is 19.8 Å². The molecule has 0 aliphatic carbocycles. The second-order valence-corrected chi connectivity index (χ2v) is 9.38. The zero-order valence-corrected chi connectivity index (χ0v) is 21.4. The van der Waals surface area contributed by atoms with Crippen LogP contribution >= 0.6 is 0 Å². The van der Waals surface area contributed by atoms with Crippen LogP contribution in [0.25, 0.3) is 0 Å². The molecule has 0 saturated heterocycles. The molecule has 2 heterocycles. The average Bonchev–Trinajstić information content (AvgIpc) is 2.89. The number of aliphatic imine (C=N–C) groups is 1. The molecule has 2 atom stereocenters. The van der Waals surface area contributed by atoms with Crippen LogP contribution in [-0.4, -0.2) is 36.5 Å². The number of rotatable bonds is 9. The fourth-order valence-corrected chi connectivity index (χ4v) is 4.44. The van der Waals surface area contributed by atoms with Gasteiger partial charge in [0.2, 0.25) is 5.88 Å². The van der Waals surface area contributed by atoms with E-state index in [1.54, 1.807) is 25.1 Å². The summed E-state index contributed by atoms with van der Waals surface area (Å²) < 4.78 is 59.5. The zero-order valence-electron chi connectivity index (χ0n) is 21.4. The van der Waals surface area contributed by atoms with Crippen molar-refractivity contribution in [3.63, 3.8) is 0 Å². The molecule has 9 heteroatoms. The van der Waals surface area contributed by atoms with Crippen LogP contribution in [-0.2, 0) is 15.7 Å². The molecule has 2 aromatic carbocycles. The summed E-state index contributed by atoms with van der Waals surface area (Å²) in [6.07, 6.45) is -3.14. The number of pyridine rings is 1. The number of hydrogen-bond acceptors (Lipinski definition) is 6. The van der Waals surface area contributed by atoms with Crippen molar-refractivity contribution >= 4 is 17.4 Å². The van der Waals surface area contributed by atoms with Crippen molar-refractivity contribution in [3.8, 4) is 11.6 Å². The number of fused-ring (bicyclic) bond motifs is 1. The minimum atomic E-state index is -4.64. The number of esters is 1. The number of halogens is 3. The van der Waals surface area contributed by atoms with Gasteiger partial charge >= 0.3 is 12.1 Å². The number of carbonyl (C=O) groups is 1. The molecular weight excluding hydrogens is 497 g/mol. The van der Waals surface area contributed by atoms with Gasteiger partial charge in [0.15, 0.2) is 0 Å². The fourth-order valence-electron chi connectivity index (χ4n) is 4.44. The van der Waals surface area contributed by atoms with Gasteiger partial charge in [0, 0.05) is 23.4 Å². The van der Waals surface area contributed by atoms with E-state index in [0.717, 1.165) is 6.07 Å². The van der Waals surface area contributed by atoms with Crippen molar-refractivity contribution < 1.29 is 32.2 Å². The highest BCUT2D eigenvalue weighted by Gasteiger charge is 2.45. The quantitative estimate of drug-likeness (QED) is 0.232. The van der Waals surface area contributed by atoms with Gasteiger partial charge in [-0.2, -0.15) is 13.2 Å². The summed E-state index contributed by atoms with van der Waals surface area (Å²) in [5.74, 6) is -1.98. The minimum Gasteiger partial charge on any atom is -0.490 e. The SMILES string of the molecule is CC1=Nc2ccnc(OCC(C)C)c2C(c2ccccc2C(F)(F)F)C1C(=O)OCCOc1ccccc1. The normalized spacial score (nSPS) is 17.0. The Kier molecular flexibility index (Phi) is 8.34. The molecule has 2 unspecified atom stereocenters. The molecule has 0 saturated carbocycles. The van der Waals surface area contributed by atoms with Gasteiger partial charge in [0.25, 0.3) is 0 Å². The lowest BCUT2D eigenvalue weighted by atomic mass is 9.74. The summed E-state index contributed by atoms with van der Waals surface area (Å²) in [7, 11) is 0. The van der Waals surface area contributed by atoms with Gasteiger partial charge in [-0.3, -0.25) is 9.79 Å². The van der Waals surface area contributed by atoms with Crippen LogP contribution in [0, 0.1) is 11.8 Å². The molecule has 6 nitrogen and oxygen atoms in total. The van der Waals surface area contributed by atoms with Crippen LogP contribution in [0.2, 0.25) is 0 Å². The minimum absolute atomic E-state index is 0.0691. The zero-order chi connectivity index (χ0) is 27.3. The Labute approximate surface area is 219 Å². The topological polar surface area (TPSA) is 70.0 Å². The van der Waals surface area contributed by atoms with E-state index < -0.39 is 29.5 Å². The summed E-state index contributed by atoms with van der Waals surface area (Å²) in [5, 5.41) is 0. The van der Waals surface area contributed by atoms with Crippen molar-refractivity contribution in [2.24, 2.45) is 16.8 Å². The molecule has 0 spiro atoms. The predicted octanol–water partition coefficient (Wildman–Crippen LogP) is 6.61. The Morgan fingerprint density at radius 3 is 2.39 bits per heavy atom. The smallest absolute Gasteiger partial charge is 0.416 e. The molecule has 38 heavy (non-hydrogen) atoms. The molecule has 1 aliphatic heterocycles. The van der Waals surface area contributed by atoms with E-state index >= 15 is 0 Å². The number of alkyl halides is 3. The highest BCUT2D eigenvalue weighted by molar-refractivity contribution is 6.05. The first kappa shape index (κ1) is 27.2. The maximum absolute atomic E-state index is 14.2. The lowest BCUT2D eigenvalue weighted by Gasteiger charge is -2.33. The summed E-state index contributed by atoms with van der Waals surface area (Å²) in [4.78, 5) is 22.3. The monoisotopic (exact) mass is 526 g/mol. The molecule has 4 rings (SSSR count). The molecule has 0 fully saturated rings. The molecule has 0 N–H and O–H groups in total. The molecule has 1 aliphatic rings. The third kappa shape index (κ3) is 6.15. The molecular formula is C29H29F3N2O4. The maximum Gasteiger partial charge on any atom is 0.416 e. The van der Waals surface area contributed by atoms with Crippen LogP contribution in [0.5, 0.6) is 11.6 Å². The molecule has 0 radical (unpaired) electrons. The van der Waals surface area contributed by atoms with E-state index in [4.69, 9.17) is 14.2 Å². The van der Waals surface area contributed by atoms with Gasteiger partial charge in [0.05, 0.1) is 17.9 Å². The van der Waals surface area contributed by atoms with Gasteiger partial charge in [0.1, 0.15) is 24.9 Å². The van der Waals surface area contributed by atoms with Crippen LogP contribution in [0.3, 0.4) is 0 Å². The van der Waals surface area contributed by atoms with Crippen LogP contribution in [0.15, 0.2) is 71.9 Å². The largest absolute Gasteiger partial charge is 0.490 e. The number of ether oxygens (including phenoxy) is 3. The molecule has 3 aromatic rings. The average molecular weight is 527 g/mol. The van der Waals surface area contributed by atoms with E-state index in [1.165, 1.54) is 24.4 Å². The van der Waals surface area contributed by atoms with Crippen LogP contribution < -0.4 is 9.47 Å². The summed E-state index contributed by atoms with van der Waals surface area (Å²) in [6, 6.07) is 15.9. The van der Waals surface area contributed by atoms with Crippen molar-refractivity contribution in [1.29, 1.82) is 0 Å². The molecule has 1 aromatic heterocycles. The lowest BCUT2D eigenvalue weighted by Crippen LogP contribution is -2.35. The standard InChI is InChI=1S/C29H29F3N2O4/c1-18(2)17-38-27-26-23(13-14-33-27)34-19(3)24(25(26)21-11-7-8-12-22(21)29(30,31)32)28(35)37-16-15-36-20-9-5-4-6-10-20/h4-14,18,24-25H,15-17H2,1-3H3. The first-order chi connectivity index (χ1) is 18.2. The second-order valence-electron chi connectivity index (χ2n) is 9.38. The Morgan fingerprint density at radius 1 is 0.974 bits per heavy atom. The first-order valence-electron chi connectivity index (χ1n) is 12.3. The van der Waals surface area contributed by atoms with Crippen molar-refractivity contribution in [3.05, 3.63) is 83.6 Å². The third-order valence-electron chi connectivity index (χ3n) is 6.07. The van der Waals surface area contributed by atoms with Crippen molar-refractivity contribution in [1.82, 2.24) is 4.98 Å². The number of carbonyl (C=O) groups excluding carboxylic acids is 1. The molecule has 0 bridgehead atoms. The van der Waals surface area contributed by atoms with Gasteiger partial charge < -0.3 is 14.2 Å². The Bertz CT molecular complexity index is 1290. The number of aromatic nitrogens is 1. The Balaban J connectivity index is 1.72.